The average molecular weight is 337 g/mol. The molecule has 2 aliphatic rings. The third-order valence-electron chi connectivity index (χ3n) is 5.24. The van der Waals surface area contributed by atoms with Crippen molar-refractivity contribution in [2.24, 2.45) is 5.10 Å². The summed E-state index contributed by atoms with van der Waals surface area (Å²) in [6, 6.07) is 4.39. The molecule has 4 nitrogen and oxygen atoms in total. The second kappa shape index (κ2) is 5.87. The van der Waals surface area contributed by atoms with Gasteiger partial charge in [0.1, 0.15) is 0 Å². The van der Waals surface area contributed by atoms with E-state index in [1.807, 2.05) is 13.0 Å². The molecule has 0 aromatic heterocycles. The number of aryl methyl sites for hydroxylation is 1. The van der Waals surface area contributed by atoms with Crippen LogP contribution in [0.1, 0.15) is 50.8 Å². The van der Waals surface area contributed by atoms with Gasteiger partial charge in [-0.25, -0.2) is 5.01 Å². The molecular weight excluding hydrogens is 310 g/mol. The van der Waals surface area contributed by atoms with E-state index in [9.17, 15) is 4.79 Å². The number of hydrogen-bond acceptors (Lipinski definition) is 3. The fourth-order valence-corrected chi connectivity index (χ4v) is 3.72. The van der Waals surface area contributed by atoms with Crippen LogP contribution in [0.3, 0.4) is 0 Å². The molecule has 1 amide bonds. The number of rotatable bonds is 2. The Hall–Kier alpha value is -2.36. The maximum absolute atomic E-state index is 12.6. The molecule has 25 heavy (non-hydrogen) atoms. The molecule has 0 atom stereocenters. The quantitative estimate of drug-likeness (QED) is 0.757. The zero-order chi connectivity index (χ0) is 18.5. The summed E-state index contributed by atoms with van der Waals surface area (Å²) >= 11 is 0. The van der Waals surface area contributed by atoms with Crippen LogP contribution in [0.15, 0.2) is 35.1 Å². The van der Waals surface area contributed by atoms with Gasteiger partial charge in [-0.15, -0.1) is 0 Å². The number of hydrogen-bond donors (Lipinski definition) is 0. The van der Waals surface area contributed by atoms with Crippen LogP contribution in [0.25, 0.3) is 6.08 Å². The maximum Gasteiger partial charge on any atom is 0.280 e. The zero-order valence-electron chi connectivity index (χ0n) is 16.1. The average Bonchev–Trinajstić information content (AvgIpc) is 2.79. The highest BCUT2D eigenvalue weighted by molar-refractivity contribution is 6.27. The molecule has 0 unspecified atom stereocenters. The van der Waals surface area contributed by atoms with Gasteiger partial charge in [-0.1, -0.05) is 20.4 Å². The van der Waals surface area contributed by atoms with E-state index in [2.05, 4.69) is 56.5 Å². The molecule has 1 aromatic rings. The van der Waals surface area contributed by atoms with Gasteiger partial charge in [0.15, 0.2) is 0 Å². The number of hydrazone groups is 1. The van der Waals surface area contributed by atoms with Gasteiger partial charge in [-0.2, -0.15) is 5.10 Å². The van der Waals surface area contributed by atoms with Crippen LogP contribution in [-0.2, 0) is 10.2 Å². The summed E-state index contributed by atoms with van der Waals surface area (Å²) in [7, 11) is 2.15. The van der Waals surface area contributed by atoms with Crippen molar-refractivity contribution < 1.29 is 4.79 Å². The lowest BCUT2D eigenvalue weighted by Crippen LogP contribution is -2.35. The van der Waals surface area contributed by atoms with Crippen molar-refractivity contribution in [1.82, 2.24) is 5.01 Å². The smallest absolute Gasteiger partial charge is 0.280 e. The number of fused-ring (bicyclic) bond motifs is 1. The molecule has 1 aromatic carbocycles. The number of carbonyl (C=O) groups is 1. The Kier molecular flexibility index (Phi) is 4.10. The Labute approximate surface area is 150 Å². The lowest BCUT2D eigenvalue weighted by molar-refractivity contribution is -0.123. The molecule has 4 heteroatoms. The molecule has 0 saturated carbocycles. The lowest BCUT2D eigenvalue weighted by Gasteiger charge is -2.39. The van der Waals surface area contributed by atoms with Crippen LogP contribution in [0.2, 0.25) is 0 Å². The normalized spacial score (nSPS) is 20.8. The standard InChI is InChI=1S/C21H27N3O/c1-13(2)24-20(25)17(15(4)22-24)11-16-10-14(3)19-18(12-16)21(5,6)8-9-23(19)7/h10-12H,1,8-9H2,2-7H3/b17-11-. The second-order valence-electron chi connectivity index (χ2n) is 7.89. The van der Waals surface area contributed by atoms with Crippen molar-refractivity contribution in [3.05, 3.63) is 46.7 Å². The number of anilines is 1. The maximum atomic E-state index is 12.6. The third kappa shape index (κ3) is 2.90. The Balaban J connectivity index is 2.09. The SMILES string of the molecule is C=C(C)N1N=C(C)/C(=C/c2cc(C)c3c(c2)C(C)(C)CCN3C)C1=O. The molecule has 132 valence electrons. The predicted octanol–water partition coefficient (Wildman–Crippen LogP) is 4.25. The summed E-state index contributed by atoms with van der Waals surface area (Å²) in [5.74, 6) is -0.100. The van der Waals surface area contributed by atoms with Crippen LogP contribution < -0.4 is 4.90 Å². The van der Waals surface area contributed by atoms with E-state index < -0.39 is 0 Å². The van der Waals surface area contributed by atoms with Crippen molar-refractivity contribution in [3.63, 3.8) is 0 Å². The number of allylic oxidation sites excluding steroid dienone is 1. The molecule has 0 fully saturated rings. The third-order valence-corrected chi connectivity index (χ3v) is 5.24. The lowest BCUT2D eigenvalue weighted by atomic mass is 9.76. The van der Waals surface area contributed by atoms with Gasteiger partial charge in [0, 0.05) is 25.0 Å². The zero-order valence-corrected chi connectivity index (χ0v) is 16.1. The summed E-state index contributed by atoms with van der Waals surface area (Å²) < 4.78 is 0. The topological polar surface area (TPSA) is 35.9 Å². The van der Waals surface area contributed by atoms with Crippen molar-refractivity contribution in [1.29, 1.82) is 0 Å². The van der Waals surface area contributed by atoms with Gasteiger partial charge in [-0.3, -0.25) is 4.79 Å². The van der Waals surface area contributed by atoms with Gasteiger partial charge >= 0.3 is 0 Å². The summed E-state index contributed by atoms with van der Waals surface area (Å²) in [6.45, 7) is 15.3. The monoisotopic (exact) mass is 337 g/mol. The molecule has 0 bridgehead atoms. The molecular formula is C21H27N3O. The van der Waals surface area contributed by atoms with E-state index >= 15 is 0 Å². The number of nitrogens with zero attached hydrogens (tertiary/aromatic N) is 3. The summed E-state index contributed by atoms with van der Waals surface area (Å²) in [4.78, 5) is 14.9. The van der Waals surface area contributed by atoms with Gasteiger partial charge in [-0.05, 0) is 67.5 Å². The highest BCUT2D eigenvalue weighted by Gasteiger charge is 2.32. The molecule has 0 N–H and O–H groups in total. The van der Waals surface area contributed by atoms with E-state index in [1.54, 1.807) is 6.92 Å². The first-order valence-electron chi connectivity index (χ1n) is 8.75. The molecule has 0 radical (unpaired) electrons. The molecule has 0 aliphatic carbocycles. The van der Waals surface area contributed by atoms with Crippen LogP contribution in [0.4, 0.5) is 5.69 Å². The summed E-state index contributed by atoms with van der Waals surface area (Å²) in [5, 5.41) is 5.70. The predicted molar refractivity (Wildman–Crippen MR) is 105 cm³/mol. The van der Waals surface area contributed by atoms with Crippen LogP contribution in [-0.4, -0.2) is 30.2 Å². The Morgan fingerprint density at radius 1 is 1.32 bits per heavy atom. The van der Waals surface area contributed by atoms with Crippen molar-refractivity contribution >= 4 is 23.4 Å². The molecule has 0 saturated heterocycles. The highest BCUT2D eigenvalue weighted by Crippen LogP contribution is 2.41. The number of amides is 1. The van der Waals surface area contributed by atoms with Gasteiger partial charge in [0.25, 0.3) is 5.91 Å². The van der Waals surface area contributed by atoms with E-state index in [0.717, 1.165) is 24.2 Å². The number of benzene rings is 1. The molecule has 3 rings (SSSR count). The Morgan fingerprint density at radius 3 is 2.60 bits per heavy atom. The van der Waals surface area contributed by atoms with Gasteiger partial charge in [0.05, 0.1) is 11.3 Å². The van der Waals surface area contributed by atoms with Crippen LogP contribution in [0, 0.1) is 6.92 Å². The molecule has 0 spiro atoms. The van der Waals surface area contributed by atoms with E-state index in [-0.39, 0.29) is 11.3 Å². The fourth-order valence-electron chi connectivity index (χ4n) is 3.72. The largest absolute Gasteiger partial charge is 0.374 e. The first kappa shape index (κ1) is 17.5. The molecule has 2 heterocycles. The first-order chi connectivity index (χ1) is 11.6. The van der Waals surface area contributed by atoms with E-state index in [4.69, 9.17) is 0 Å². The highest BCUT2D eigenvalue weighted by atomic mass is 16.2. The minimum absolute atomic E-state index is 0.100. The molecule has 2 aliphatic heterocycles. The first-order valence-corrected chi connectivity index (χ1v) is 8.75. The van der Waals surface area contributed by atoms with E-state index in [1.165, 1.54) is 21.8 Å². The van der Waals surface area contributed by atoms with Crippen LogP contribution in [0.5, 0.6) is 0 Å². The fraction of sp³-hybridized carbons (Fsp3) is 0.429. The van der Waals surface area contributed by atoms with Gasteiger partial charge in [0.2, 0.25) is 0 Å². The minimum atomic E-state index is -0.100. The Morgan fingerprint density at radius 2 is 2.00 bits per heavy atom. The minimum Gasteiger partial charge on any atom is -0.374 e. The number of carbonyl (C=O) groups excluding carboxylic acids is 1. The van der Waals surface area contributed by atoms with Crippen molar-refractivity contribution in [2.45, 2.75) is 46.5 Å². The van der Waals surface area contributed by atoms with Crippen molar-refractivity contribution in [3.8, 4) is 0 Å². The Bertz CT molecular complexity index is 830. The summed E-state index contributed by atoms with van der Waals surface area (Å²) in [5.41, 5.74) is 7.13. The summed E-state index contributed by atoms with van der Waals surface area (Å²) in [6.07, 6.45) is 3.08. The van der Waals surface area contributed by atoms with Crippen LogP contribution >= 0.6 is 0 Å². The van der Waals surface area contributed by atoms with Crippen molar-refractivity contribution in [2.75, 3.05) is 18.5 Å². The van der Waals surface area contributed by atoms with Gasteiger partial charge < -0.3 is 4.90 Å². The van der Waals surface area contributed by atoms with E-state index in [0.29, 0.717) is 11.3 Å². The second-order valence-corrected chi connectivity index (χ2v) is 7.89.